The first-order valence-corrected chi connectivity index (χ1v) is 5.38. The maximum atomic E-state index is 10.0. The molecule has 2 rings (SSSR count). The highest BCUT2D eigenvalue weighted by atomic mass is 32.1. The molecular formula is C8H7N7O2S. The summed E-state index contributed by atoms with van der Waals surface area (Å²) in [5.74, 6) is -0.403. The van der Waals surface area contributed by atoms with Gasteiger partial charge in [0.2, 0.25) is 0 Å². The molecule has 1 heterocycles. The lowest BCUT2D eigenvalue weighted by Crippen LogP contribution is -2.35. The number of nitrogens with zero attached hydrogens (tertiary/aromatic N) is 5. The van der Waals surface area contributed by atoms with E-state index in [2.05, 4.69) is 18.9 Å². The van der Waals surface area contributed by atoms with Crippen LogP contribution in [0.4, 0.5) is 0 Å². The van der Waals surface area contributed by atoms with Crippen LogP contribution in [0, 0.1) is 10.1 Å². The van der Waals surface area contributed by atoms with Gasteiger partial charge in [-0.3, -0.25) is 0 Å². The van der Waals surface area contributed by atoms with Gasteiger partial charge in [-0.15, -0.1) is 5.10 Å². The van der Waals surface area contributed by atoms with Crippen molar-refractivity contribution in [3.05, 3.63) is 33.9 Å². The van der Waals surface area contributed by atoms with E-state index in [0.717, 1.165) is 17.2 Å². The molecule has 10 heteroatoms. The third-order valence-electron chi connectivity index (χ3n) is 1.89. The number of nitrogens with two attached hydrogens (primary N) is 1. The standard InChI is InChI=1S/C8H7N7O2S/c9-8(12-15(16)17)11-10-4-5-2-1-3-6-7(5)14-18-13-6/h1-4H,(H3,9,11,12)/b10-4-. The lowest BCUT2D eigenvalue weighted by Gasteiger charge is -1.93. The summed E-state index contributed by atoms with van der Waals surface area (Å²) in [5, 5.41) is 16.3. The number of hydrogen-bond acceptors (Lipinski definition) is 7. The third-order valence-corrected chi connectivity index (χ3v) is 2.43. The topological polar surface area (TPSA) is 132 Å². The van der Waals surface area contributed by atoms with Crippen molar-refractivity contribution in [2.75, 3.05) is 0 Å². The van der Waals surface area contributed by atoms with Crippen LogP contribution in [-0.2, 0) is 0 Å². The van der Waals surface area contributed by atoms with Crippen molar-refractivity contribution in [1.82, 2.24) is 14.2 Å². The zero-order valence-electron chi connectivity index (χ0n) is 8.85. The van der Waals surface area contributed by atoms with Gasteiger partial charge >= 0.3 is 0 Å². The molecule has 0 aliphatic rings. The number of hydrogen-bond donors (Lipinski definition) is 2. The Morgan fingerprint density at radius 2 is 2.39 bits per heavy atom. The smallest absolute Gasteiger partial charge is 0.275 e. The van der Waals surface area contributed by atoms with Crippen molar-refractivity contribution in [3.8, 4) is 0 Å². The fraction of sp³-hybridized carbons (Fsp3) is 0. The first kappa shape index (κ1) is 11.9. The van der Waals surface area contributed by atoms with Gasteiger partial charge in [-0.25, -0.2) is 10.1 Å². The molecule has 18 heavy (non-hydrogen) atoms. The summed E-state index contributed by atoms with van der Waals surface area (Å²) in [4.78, 5) is 10.0. The monoisotopic (exact) mass is 265 g/mol. The molecule has 0 saturated carbocycles. The first-order chi connectivity index (χ1) is 8.66. The van der Waals surface area contributed by atoms with E-state index in [1.807, 2.05) is 6.07 Å². The zero-order valence-corrected chi connectivity index (χ0v) is 9.66. The molecule has 0 aliphatic carbocycles. The maximum absolute atomic E-state index is 10.0. The zero-order chi connectivity index (χ0) is 13.0. The predicted molar refractivity (Wildman–Crippen MR) is 66.8 cm³/mol. The number of benzene rings is 1. The highest BCUT2D eigenvalue weighted by Gasteiger charge is 2.02. The molecule has 9 nitrogen and oxygen atoms in total. The summed E-state index contributed by atoms with van der Waals surface area (Å²) in [6, 6.07) is 5.40. The molecule has 0 atom stereocenters. The molecule has 0 bridgehead atoms. The van der Waals surface area contributed by atoms with Crippen molar-refractivity contribution in [3.63, 3.8) is 0 Å². The lowest BCUT2D eigenvalue weighted by atomic mass is 10.2. The summed E-state index contributed by atoms with van der Waals surface area (Å²) in [6.45, 7) is 0. The molecule has 0 aliphatic heterocycles. The minimum Gasteiger partial charge on any atom is -0.364 e. The Bertz CT molecular complexity index is 635. The van der Waals surface area contributed by atoms with Crippen LogP contribution in [0.5, 0.6) is 0 Å². The Hall–Kier alpha value is -2.62. The molecule has 1 aromatic carbocycles. The van der Waals surface area contributed by atoms with Gasteiger partial charge in [0.15, 0.2) is 5.03 Å². The average Bonchev–Trinajstić information content (AvgIpc) is 2.76. The summed E-state index contributed by atoms with van der Waals surface area (Å²) in [6.07, 6.45) is 1.40. The molecule has 0 saturated heterocycles. The molecule has 2 aromatic rings. The fourth-order valence-corrected chi connectivity index (χ4v) is 1.76. The molecule has 0 radical (unpaired) electrons. The number of hydrazine groups is 1. The Morgan fingerprint density at radius 1 is 1.56 bits per heavy atom. The van der Waals surface area contributed by atoms with Crippen molar-refractivity contribution in [2.24, 2.45) is 15.9 Å². The molecule has 1 aromatic heterocycles. The Balaban J connectivity index is 2.18. The van der Waals surface area contributed by atoms with E-state index in [1.165, 1.54) is 6.21 Å². The highest BCUT2D eigenvalue weighted by Crippen LogP contribution is 2.14. The Morgan fingerprint density at radius 3 is 3.17 bits per heavy atom. The molecule has 0 fully saturated rings. The minimum absolute atomic E-state index is 0.403. The molecular weight excluding hydrogens is 258 g/mol. The van der Waals surface area contributed by atoms with E-state index >= 15 is 0 Å². The molecule has 3 N–H and O–H groups in total. The summed E-state index contributed by atoms with van der Waals surface area (Å²) >= 11 is 1.09. The van der Waals surface area contributed by atoms with Crippen LogP contribution < -0.4 is 11.2 Å². The van der Waals surface area contributed by atoms with Gasteiger partial charge in [0.05, 0.1) is 17.9 Å². The number of nitro groups is 1. The third kappa shape index (κ3) is 2.74. The van der Waals surface area contributed by atoms with Crippen LogP contribution in [0.25, 0.3) is 11.0 Å². The van der Waals surface area contributed by atoms with E-state index in [0.29, 0.717) is 11.1 Å². The van der Waals surface area contributed by atoms with Gasteiger partial charge in [0, 0.05) is 5.56 Å². The average molecular weight is 265 g/mol. The van der Waals surface area contributed by atoms with Crippen LogP contribution in [0.1, 0.15) is 5.56 Å². The quantitative estimate of drug-likeness (QED) is 0.350. The number of aromatic nitrogens is 2. The van der Waals surface area contributed by atoms with Crippen LogP contribution in [0.15, 0.2) is 28.4 Å². The van der Waals surface area contributed by atoms with Crippen molar-refractivity contribution in [2.45, 2.75) is 0 Å². The van der Waals surface area contributed by atoms with Gasteiger partial charge in [-0.1, -0.05) is 17.6 Å². The molecule has 0 spiro atoms. The van der Waals surface area contributed by atoms with E-state index in [1.54, 1.807) is 17.6 Å². The molecule has 0 amide bonds. The highest BCUT2D eigenvalue weighted by molar-refractivity contribution is 7.00. The van der Waals surface area contributed by atoms with Crippen LogP contribution in [-0.4, -0.2) is 26.0 Å². The molecule has 92 valence electrons. The normalized spacial score (nSPS) is 12.1. The number of fused-ring (bicyclic) bond motifs is 1. The van der Waals surface area contributed by atoms with Crippen molar-refractivity contribution in [1.29, 1.82) is 0 Å². The summed E-state index contributed by atoms with van der Waals surface area (Å²) < 4.78 is 8.17. The predicted octanol–water partition coefficient (Wildman–Crippen LogP) is 0.121. The van der Waals surface area contributed by atoms with Crippen LogP contribution >= 0.6 is 11.7 Å². The van der Waals surface area contributed by atoms with Gasteiger partial charge in [0.25, 0.3) is 5.96 Å². The van der Waals surface area contributed by atoms with E-state index in [9.17, 15) is 10.1 Å². The van der Waals surface area contributed by atoms with Gasteiger partial charge in [0.1, 0.15) is 11.0 Å². The summed E-state index contributed by atoms with van der Waals surface area (Å²) in [7, 11) is 0. The molecule has 0 unspecified atom stereocenters. The summed E-state index contributed by atoms with van der Waals surface area (Å²) in [5.41, 5.74) is 9.02. The van der Waals surface area contributed by atoms with Gasteiger partial charge < -0.3 is 5.73 Å². The van der Waals surface area contributed by atoms with Crippen LogP contribution in [0.3, 0.4) is 0 Å². The second-order valence-electron chi connectivity index (χ2n) is 3.08. The fourth-order valence-electron chi connectivity index (χ4n) is 1.20. The SMILES string of the molecule is N/C(=N\N=C/c1cccc2nsnc12)N[N+](=O)[O-]. The van der Waals surface area contributed by atoms with Crippen molar-refractivity contribution >= 4 is 34.9 Å². The first-order valence-electron chi connectivity index (χ1n) is 4.65. The largest absolute Gasteiger partial charge is 0.364 e. The van der Waals surface area contributed by atoms with Crippen molar-refractivity contribution < 1.29 is 5.03 Å². The number of guanidine groups is 1. The second kappa shape index (κ2) is 5.14. The number of nitrogens with one attached hydrogen (secondary N) is 1. The van der Waals surface area contributed by atoms with Crippen LogP contribution in [0.2, 0.25) is 0 Å². The Labute approximate surface area is 104 Å². The lowest BCUT2D eigenvalue weighted by molar-refractivity contribution is -0.525. The second-order valence-corrected chi connectivity index (χ2v) is 3.61. The van der Waals surface area contributed by atoms with E-state index in [4.69, 9.17) is 5.73 Å². The van der Waals surface area contributed by atoms with Gasteiger partial charge in [-0.2, -0.15) is 13.8 Å². The number of rotatable bonds is 3. The van der Waals surface area contributed by atoms with E-state index in [-0.39, 0.29) is 0 Å². The maximum Gasteiger partial charge on any atom is 0.275 e. The minimum atomic E-state index is -0.820. The van der Waals surface area contributed by atoms with Gasteiger partial charge in [-0.05, 0) is 6.07 Å². The van der Waals surface area contributed by atoms with E-state index < -0.39 is 11.0 Å². The Kier molecular flexibility index (Phi) is 3.38.